The molecule has 0 aliphatic carbocycles. The van der Waals surface area contributed by atoms with E-state index in [9.17, 15) is 9.59 Å². The zero-order valence-electron chi connectivity index (χ0n) is 13.9. The number of carbonyl (C=O) groups is 2. The molecule has 0 aromatic carbocycles. The molecule has 6 nitrogen and oxygen atoms in total. The van der Waals surface area contributed by atoms with Gasteiger partial charge in [-0.25, -0.2) is 9.78 Å². The summed E-state index contributed by atoms with van der Waals surface area (Å²) in [5, 5.41) is 6.01. The lowest BCUT2D eigenvalue weighted by molar-refractivity contribution is -0.138. The van der Waals surface area contributed by atoms with Crippen LogP contribution in [-0.2, 0) is 11.3 Å². The lowest BCUT2D eigenvalue weighted by Gasteiger charge is -2.39. The van der Waals surface area contributed by atoms with E-state index in [1.54, 1.807) is 11.3 Å². The number of urea groups is 1. The van der Waals surface area contributed by atoms with Gasteiger partial charge < -0.3 is 15.1 Å². The maximum atomic E-state index is 12.4. The molecule has 1 N–H and O–H groups in total. The number of piperidine rings is 1. The maximum Gasteiger partial charge on any atom is 0.317 e. The van der Waals surface area contributed by atoms with Crippen molar-refractivity contribution in [2.45, 2.75) is 64.7 Å². The molecule has 2 aliphatic rings. The monoisotopic (exact) mass is 336 g/mol. The molecule has 3 amide bonds. The Morgan fingerprint density at radius 1 is 1.43 bits per heavy atom. The first-order valence-corrected chi connectivity index (χ1v) is 9.11. The van der Waals surface area contributed by atoms with Gasteiger partial charge in [-0.15, -0.1) is 11.3 Å². The molecule has 1 aromatic heterocycles. The third-order valence-corrected chi connectivity index (χ3v) is 5.38. The molecule has 0 saturated carbocycles. The van der Waals surface area contributed by atoms with E-state index in [1.165, 1.54) is 0 Å². The Hall–Kier alpha value is -1.63. The van der Waals surface area contributed by atoms with E-state index in [4.69, 9.17) is 0 Å². The van der Waals surface area contributed by atoms with Gasteiger partial charge in [0.1, 0.15) is 0 Å². The predicted molar refractivity (Wildman–Crippen MR) is 89.2 cm³/mol. The van der Waals surface area contributed by atoms with Crippen LogP contribution in [0.4, 0.5) is 4.79 Å². The Labute approximate surface area is 140 Å². The highest BCUT2D eigenvalue weighted by Crippen LogP contribution is 2.32. The number of rotatable bonds is 3. The largest absolute Gasteiger partial charge is 0.336 e. The fourth-order valence-electron chi connectivity index (χ4n) is 3.59. The molecular formula is C16H24N4O2S. The van der Waals surface area contributed by atoms with Crippen LogP contribution in [0.1, 0.15) is 43.8 Å². The normalized spacial score (nSPS) is 24.3. The zero-order valence-corrected chi connectivity index (χ0v) is 14.7. The number of hydrogen-bond acceptors (Lipinski definition) is 4. The van der Waals surface area contributed by atoms with Crippen molar-refractivity contribution in [3.05, 3.63) is 16.1 Å². The van der Waals surface area contributed by atoms with Crippen molar-refractivity contribution in [2.75, 3.05) is 6.54 Å². The van der Waals surface area contributed by atoms with Crippen LogP contribution < -0.4 is 5.32 Å². The minimum Gasteiger partial charge on any atom is -0.336 e. The SMILES string of the molecule is Cc1nc(CN2C(=O)CC[C@H]3[C@@H]2CCN3C(=O)NC(C)C)cs1. The maximum absolute atomic E-state index is 12.4. The van der Waals surface area contributed by atoms with E-state index in [1.807, 2.05) is 36.0 Å². The second-order valence-corrected chi connectivity index (χ2v) is 7.70. The lowest BCUT2D eigenvalue weighted by atomic mass is 9.96. The van der Waals surface area contributed by atoms with E-state index in [2.05, 4.69) is 10.3 Å². The average molecular weight is 336 g/mol. The van der Waals surface area contributed by atoms with Gasteiger partial charge >= 0.3 is 6.03 Å². The number of likely N-dealkylation sites (tertiary alicyclic amines) is 2. The molecule has 2 aliphatic heterocycles. The average Bonchev–Trinajstić information content (AvgIpc) is 3.07. The molecule has 0 unspecified atom stereocenters. The molecule has 0 spiro atoms. The number of amides is 3. The number of nitrogens with one attached hydrogen (secondary N) is 1. The van der Waals surface area contributed by atoms with E-state index in [-0.39, 0.29) is 30.1 Å². The molecule has 1 aromatic rings. The van der Waals surface area contributed by atoms with Gasteiger partial charge in [-0.3, -0.25) is 4.79 Å². The molecule has 0 bridgehead atoms. The van der Waals surface area contributed by atoms with Crippen LogP contribution in [0.15, 0.2) is 5.38 Å². The van der Waals surface area contributed by atoms with Crippen LogP contribution >= 0.6 is 11.3 Å². The lowest BCUT2D eigenvalue weighted by Crippen LogP contribution is -2.54. The van der Waals surface area contributed by atoms with Gasteiger partial charge in [0.15, 0.2) is 0 Å². The van der Waals surface area contributed by atoms with Crippen molar-refractivity contribution >= 4 is 23.3 Å². The summed E-state index contributed by atoms with van der Waals surface area (Å²) < 4.78 is 0. The highest BCUT2D eigenvalue weighted by Gasteiger charge is 2.44. The number of thiazole rings is 1. The third kappa shape index (κ3) is 3.34. The van der Waals surface area contributed by atoms with Crippen LogP contribution in [0.5, 0.6) is 0 Å². The minimum absolute atomic E-state index is 0.00805. The first-order chi connectivity index (χ1) is 11.0. The molecule has 0 radical (unpaired) electrons. The third-order valence-electron chi connectivity index (χ3n) is 4.56. The quantitative estimate of drug-likeness (QED) is 0.919. The summed E-state index contributed by atoms with van der Waals surface area (Å²) in [6.45, 7) is 7.18. The Kier molecular flexibility index (Phi) is 4.57. The van der Waals surface area contributed by atoms with Gasteiger partial charge in [-0.1, -0.05) is 0 Å². The molecule has 7 heteroatoms. The summed E-state index contributed by atoms with van der Waals surface area (Å²) in [7, 11) is 0. The van der Waals surface area contributed by atoms with Gasteiger partial charge in [-0.2, -0.15) is 0 Å². The molecule has 2 saturated heterocycles. The number of carbonyl (C=O) groups excluding carboxylic acids is 2. The second-order valence-electron chi connectivity index (χ2n) is 6.64. The summed E-state index contributed by atoms with van der Waals surface area (Å²) in [6, 6.07) is 0.370. The summed E-state index contributed by atoms with van der Waals surface area (Å²) in [4.78, 5) is 33.1. The summed E-state index contributed by atoms with van der Waals surface area (Å²) >= 11 is 1.61. The predicted octanol–water partition coefficient (Wildman–Crippen LogP) is 2.13. The smallest absolute Gasteiger partial charge is 0.317 e. The second kappa shape index (κ2) is 6.47. The van der Waals surface area contributed by atoms with Crippen molar-refractivity contribution in [3.8, 4) is 0 Å². The Bertz CT molecular complexity index is 601. The summed E-state index contributed by atoms with van der Waals surface area (Å²) in [6.07, 6.45) is 2.13. The van der Waals surface area contributed by atoms with Gasteiger partial charge in [0.05, 0.1) is 29.3 Å². The van der Waals surface area contributed by atoms with Crippen molar-refractivity contribution in [2.24, 2.45) is 0 Å². The van der Waals surface area contributed by atoms with E-state index in [0.717, 1.165) is 23.5 Å². The Morgan fingerprint density at radius 2 is 2.22 bits per heavy atom. The Morgan fingerprint density at radius 3 is 2.87 bits per heavy atom. The van der Waals surface area contributed by atoms with Crippen molar-refractivity contribution < 1.29 is 9.59 Å². The first kappa shape index (κ1) is 16.2. The van der Waals surface area contributed by atoms with E-state index < -0.39 is 0 Å². The van der Waals surface area contributed by atoms with Gasteiger partial charge in [0.2, 0.25) is 5.91 Å². The minimum atomic E-state index is -0.00805. The van der Waals surface area contributed by atoms with E-state index >= 15 is 0 Å². The number of aromatic nitrogens is 1. The molecule has 23 heavy (non-hydrogen) atoms. The fraction of sp³-hybridized carbons (Fsp3) is 0.688. The number of aryl methyl sites for hydroxylation is 1. The van der Waals surface area contributed by atoms with Gasteiger partial charge in [-0.05, 0) is 33.6 Å². The molecule has 2 fully saturated rings. The van der Waals surface area contributed by atoms with Crippen LogP contribution in [-0.4, -0.2) is 51.4 Å². The van der Waals surface area contributed by atoms with Crippen LogP contribution in [0.25, 0.3) is 0 Å². The van der Waals surface area contributed by atoms with Gasteiger partial charge in [0, 0.05) is 24.4 Å². The first-order valence-electron chi connectivity index (χ1n) is 8.23. The van der Waals surface area contributed by atoms with Crippen LogP contribution in [0.3, 0.4) is 0 Å². The van der Waals surface area contributed by atoms with Crippen molar-refractivity contribution in [1.82, 2.24) is 20.1 Å². The van der Waals surface area contributed by atoms with E-state index in [0.29, 0.717) is 19.5 Å². The van der Waals surface area contributed by atoms with Crippen LogP contribution in [0, 0.1) is 6.92 Å². The highest BCUT2D eigenvalue weighted by atomic mass is 32.1. The molecule has 3 heterocycles. The summed E-state index contributed by atoms with van der Waals surface area (Å²) in [5.41, 5.74) is 0.951. The summed E-state index contributed by atoms with van der Waals surface area (Å²) in [5.74, 6) is 0.183. The number of nitrogens with zero attached hydrogens (tertiary/aromatic N) is 3. The highest BCUT2D eigenvalue weighted by molar-refractivity contribution is 7.09. The molecular weight excluding hydrogens is 312 g/mol. The standard InChI is InChI=1S/C16H24N4O2S/c1-10(2)17-16(22)19-7-6-14-13(19)4-5-15(21)20(14)8-12-9-23-11(3)18-12/h9-10,13-14H,4-8H2,1-3H3,(H,17,22)/t13-,14-/m0/s1. The van der Waals surface area contributed by atoms with Gasteiger partial charge in [0.25, 0.3) is 0 Å². The topological polar surface area (TPSA) is 65.5 Å². The number of hydrogen-bond donors (Lipinski definition) is 1. The fourth-order valence-corrected chi connectivity index (χ4v) is 4.20. The Balaban J connectivity index is 1.72. The molecule has 2 atom stereocenters. The zero-order chi connectivity index (χ0) is 16.6. The molecule has 126 valence electrons. The molecule has 3 rings (SSSR count). The van der Waals surface area contributed by atoms with Crippen molar-refractivity contribution in [1.29, 1.82) is 0 Å². The van der Waals surface area contributed by atoms with Crippen molar-refractivity contribution in [3.63, 3.8) is 0 Å². The number of fused-ring (bicyclic) bond motifs is 1. The van der Waals surface area contributed by atoms with Crippen LogP contribution in [0.2, 0.25) is 0 Å².